The highest BCUT2D eigenvalue weighted by molar-refractivity contribution is 5.51. The highest BCUT2D eigenvalue weighted by Crippen LogP contribution is 2.19. The number of rotatable bonds is 48. The molecule has 56 heavy (non-hydrogen) atoms. The summed E-state index contributed by atoms with van der Waals surface area (Å²) < 4.78 is 66.4. The van der Waals surface area contributed by atoms with Crippen LogP contribution in [0.15, 0.2) is 24.3 Å². The van der Waals surface area contributed by atoms with Crippen molar-refractivity contribution in [3.63, 3.8) is 0 Å². The molecule has 0 fully saturated rings. The molecular formula is C43H81NO12. The predicted molar refractivity (Wildman–Crippen MR) is 221 cm³/mol. The SMILES string of the molecule is CCCCCCCCCCCCCCCOCCOCCOCCOCCOCCOCCOCCOCCOCCOCCOCCOc1ccccc1N. The molecule has 0 spiro atoms. The molecule has 2 N–H and O–H groups in total. The summed E-state index contributed by atoms with van der Waals surface area (Å²) in [4.78, 5) is 0. The quantitative estimate of drug-likeness (QED) is 0.0540. The van der Waals surface area contributed by atoms with Crippen LogP contribution in [-0.2, 0) is 52.1 Å². The second-order valence-corrected chi connectivity index (χ2v) is 13.4. The van der Waals surface area contributed by atoms with E-state index in [0.717, 1.165) is 13.0 Å². The van der Waals surface area contributed by atoms with Crippen molar-refractivity contribution in [3.8, 4) is 5.75 Å². The Morgan fingerprint density at radius 2 is 0.554 bits per heavy atom. The number of hydrogen-bond donors (Lipinski definition) is 1. The zero-order valence-electron chi connectivity index (χ0n) is 35.2. The molecule has 330 valence electrons. The van der Waals surface area contributed by atoms with E-state index in [1.807, 2.05) is 18.2 Å². The maximum atomic E-state index is 5.83. The van der Waals surface area contributed by atoms with E-state index in [1.54, 1.807) is 6.07 Å². The van der Waals surface area contributed by atoms with Gasteiger partial charge in [0.1, 0.15) is 12.4 Å². The minimum Gasteiger partial charge on any atom is -0.489 e. The number of ether oxygens (including phenoxy) is 12. The molecule has 0 unspecified atom stereocenters. The number of benzene rings is 1. The maximum Gasteiger partial charge on any atom is 0.142 e. The number of unbranched alkanes of at least 4 members (excludes halogenated alkanes) is 12. The van der Waals surface area contributed by atoms with Crippen molar-refractivity contribution in [3.05, 3.63) is 24.3 Å². The second-order valence-electron chi connectivity index (χ2n) is 13.4. The third kappa shape index (κ3) is 40.6. The van der Waals surface area contributed by atoms with Crippen LogP contribution in [0.3, 0.4) is 0 Å². The highest BCUT2D eigenvalue weighted by Gasteiger charge is 2.00. The van der Waals surface area contributed by atoms with Gasteiger partial charge in [-0.05, 0) is 18.6 Å². The first-order chi connectivity index (χ1) is 27.8. The number of nitrogen functional groups attached to an aromatic ring is 1. The van der Waals surface area contributed by atoms with Gasteiger partial charge in [-0.15, -0.1) is 0 Å². The molecule has 1 rings (SSSR count). The van der Waals surface area contributed by atoms with Crippen molar-refractivity contribution >= 4 is 5.69 Å². The normalized spacial score (nSPS) is 11.5. The fourth-order valence-electron chi connectivity index (χ4n) is 5.35. The summed E-state index contributed by atoms with van der Waals surface area (Å²) in [7, 11) is 0. The van der Waals surface area contributed by atoms with Crippen LogP contribution in [-0.4, -0.2) is 152 Å². The molecule has 1 aromatic carbocycles. The highest BCUT2D eigenvalue weighted by atomic mass is 16.6. The molecule has 0 amide bonds. The van der Waals surface area contributed by atoms with Crippen molar-refractivity contribution in [1.29, 1.82) is 0 Å². The number of nitrogens with two attached hydrogens (primary N) is 1. The van der Waals surface area contributed by atoms with Crippen LogP contribution >= 0.6 is 0 Å². The van der Waals surface area contributed by atoms with Gasteiger partial charge in [0.25, 0.3) is 0 Å². The van der Waals surface area contributed by atoms with Gasteiger partial charge in [0.05, 0.1) is 144 Å². The van der Waals surface area contributed by atoms with E-state index in [4.69, 9.17) is 62.6 Å². The fraction of sp³-hybridized carbons (Fsp3) is 0.860. The number of anilines is 1. The van der Waals surface area contributed by atoms with Crippen LogP contribution in [0.1, 0.15) is 90.4 Å². The topological polar surface area (TPSA) is 137 Å². The van der Waals surface area contributed by atoms with E-state index in [9.17, 15) is 0 Å². The average molecular weight is 804 g/mol. The summed E-state index contributed by atoms with van der Waals surface area (Å²) in [6.45, 7) is 14.6. The van der Waals surface area contributed by atoms with Crippen molar-refractivity contribution < 1.29 is 56.8 Å². The molecule has 0 bridgehead atoms. The third-order valence-corrected chi connectivity index (χ3v) is 8.52. The first-order valence-electron chi connectivity index (χ1n) is 21.7. The molecule has 13 nitrogen and oxygen atoms in total. The van der Waals surface area contributed by atoms with Gasteiger partial charge in [-0.3, -0.25) is 0 Å². The molecule has 0 aromatic heterocycles. The molecule has 0 aliphatic carbocycles. The largest absolute Gasteiger partial charge is 0.489 e. The van der Waals surface area contributed by atoms with Crippen LogP contribution in [0.5, 0.6) is 5.75 Å². The van der Waals surface area contributed by atoms with Crippen LogP contribution in [0.2, 0.25) is 0 Å². The lowest BCUT2D eigenvalue weighted by atomic mass is 10.0. The van der Waals surface area contributed by atoms with Crippen LogP contribution in [0, 0.1) is 0 Å². The molecule has 0 aliphatic heterocycles. The standard InChI is InChI=1S/C43H81NO12/c1-2-3-4-5-6-7-8-9-10-11-12-13-16-19-45-20-21-46-22-23-47-24-25-48-26-27-49-28-29-50-30-31-51-32-33-52-34-35-53-36-37-54-38-39-55-40-41-56-43-18-15-14-17-42(43)44/h14-15,17-18H,2-13,16,19-41,44H2,1H3. The third-order valence-electron chi connectivity index (χ3n) is 8.52. The molecule has 0 saturated heterocycles. The van der Waals surface area contributed by atoms with Gasteiger partial charge in [0, 0.05) is 6.61 Å². The van der Waals surface area contributed by atoms with E-state index in [1.165, 1.54) is 77.0 Å². The van der Waals surface area contributed by atoms with E-state index < -0.39 is 0 Å². The van der Waals surface area contributed by atoms with Crippen molar-refractivity contribution in [2.24, 2.45) is 0 Å². The molecule has 0 aliphatic rings. The van der Waals surface area contributed by atoms with E-state index >= 15 is 0 Å². The summed E-state index contributed by atoms with van der Waals surface area (Å²) in [6, 6.07) is 7.39. The molecule has 0 radical (unpaired) electrons. The summed E-state index contributed by atoms with van der Waals surface area (Å²) in [6.07, 6.45) is 17.8. The van der Waals surface area contributed by atoms with Gasteiger partial charge in [-0.25, -0.2) is 0 Å². The lowest BCUT2D eigenvalue weighted by Gasteiger charge is -2.10. The van der Waals surface area contributed by atoms with Gasteiger partial charge in [-0.1, -0.05) is 96.1 Å². The minimum absolute atomic E-state index is 0.439. The Bertz CT molecular complexity index is 887. The Morgan fingerprint density at radius 3 is 0.857 bits per heavy atom. The summed E-state index contributed by atoms with van der Waals surface area (Å²) in [5, 5.41) is 0. The molecular weight excluding hydrogens is 722 g/mol. The first kappa shape index (κ1) is 52.4. The second kappa shape index (κ2) is 46.1. The molecule has 1 aromatic rings. The van der Waals surface area contributed by atoms with Gasteiger partial charge >= 0.3 is 0 Å². The summed E-state index contributed by atoms with van der Waals surface area (Å²) >= 11 is 0. The van der Waals surface area contributed by atoms with Crippen LogP contribution < -0.4 is 10.5 Å². The Labute approximate surface area is 340 Å². The molecule has 0 atom stereocenters. The number of hydrogen-bond acceptors (Lipinski definition) is 13. The predicted octanol–water partition coefficient (Wildman–Crippen LogP) is 6.92. The van der Waals surface area contributed by atoms with Gasteiger partial charge < -0.3 is 62.6 Å². The Hall–Kier alpha value is -1.62. The van der Waals surface area contributed by atoms with Crippen LogP contribution in [0.4, 0.5) is 5.69 Å². The van der Waals surface area contributed by atoms with Gasteiger partial charge in [-0.2, -0.15) is 0 Å². The molecule has 0 saturated carbocycles. The smallest absolute Gasteiger partial charge is 0.142 e. The lowest BCUT2D eigenvalue weighted by molar-refractivity contribution is -0.0277. The van der Waals surface area contributed by atoms with Crippen LogP contribution in [0.25, 0.3) is 0 Å². The minimum atomic E-state index is 0.439. The van der Waals surface area contributed by atoms with Crippen molar-refractivity contribution in [2.75, 3.05) is 158 Å². The number of para-hydroxylation sites is 2. The Balaban J connectivity index is 1.61. The summed E-state index contributed by atoms with van der Waals surface area (Å²) in [5.41, 5.74) is 6.45. The Morgan fingerprint density at radius 1 is 0.304 bits per heavy atom. The zero-order chi connectivity index (χ0) is 39.9. The first-order valence-corrected chi connectivity index (χ1v) is 21.7. The van der Waals surface area contributed by atoms with Gasteiger partial charge in [0.15, 0.2) is 0 Å². The van der Waals surface area contributed by atoms with E-state index in [2.05, 4.69) is 6.92 Å². The lowest BCUT2D eigenvalue weighted by Crippen LogP contribution is -2.15. The van der Waals surface area contributed by atoms with Gasteiger partial charge in [0.2, 0.25) is 0 Å². The van der Waals surface area contributed by atoms with Crippen molar-refractivity contribution in [2.45, 2.75) is 90.4 Å². The molecule has 0 heterocycles. The molecule has 13 heteroatoms. The zero-order valence-corrected chi connectivity index (χ0v) is 35.2. The average Bonchev–Trinajstić information content (AvgIpc) is 3.21. The monoisotopic (exact) mass is 804 g/mol. The Kier molecular flexibility index (Phi) is 43.1. The fourth-order valence-corrected chi connectivity index (χ4v) is 5.35. The van der Waals surface area contributed by atoms with E-state index in [-0.39, 0.29) is 0 Å². The van der Waals surface area contributed by atoms with Crippen molar-refractivity contribution in [1.82, 2.24) is 0 Å². The maximum absolute atomic E-state index is 5.83. The van der Waals surface area contributed by atoms with E-state index in [0.29, 0.717) is 157 Å². The summed E-state index contributed by atoms with van der Waals surface area (Å²) in [5.74, 6) is 0.671.